The molecule has 0 spiro atoms. The molecule has 1 amide bonds. The summed E-state index contributed by atoms with van der Waals surface area (Å²) in [5.74, 6) is 1.41. The molecule has 0 aliphatic rings. The third-order valence-corrected chi connectivity index (χ3v) is 5.04. The summed E-state index contributed by atoms with van der Waals surface area (Å²) in [6, 6.07) is 23.5. The Morgan fingerprint density at radius 3 is 2.55 bits per heavy atom. The van der Waals surface area contributed by atoms with Gasteiger partial charge in [-0.1, -0.05) is 36.4 Å². The van der Waals surface area contributed by atoms with Gasteiger partial charge in [0.1, 0.15) is 18.1 Å². The Bertz CT molecular complexity index is 1010. The van der Waals surface area contributed by atoms with Gasteiger partial charge in [0.15, 0.2) is 0 Å². The second-order valence-corrected chi connectivity index (χ2v) is 7.88. The number of hydrogen-bond donors (Lipinski definition) is 1. The lowest BCUT2D eigenvalue weighted by Crippen LogP contribution is -2.18. The summed E-state index contributed by atoms with van der Waals surface area (Å²) in [4.78, 5) is 11.9. The van der Waals surface area contributed by atoms with Gasteiger partial charge < -0.3 is 9.47 Å². The number of amides is 1. The molecule has 0 bridgehead atoms. The first-order chi connectivity index (χ1) is 15.1. The van der Waals surface area contributed by atoms with Gasteiger partial charge in [-0.15, -0.1) is 0 Å². The van der Waals surface area contributed by atoms with E-state index < -0.39 is 0 Å². The molecule has 0 atom stereocenters. The van der Waals surface area contributed by atoms with Gasteiger partial charge in [-0.25, -0.2) is 5.43 Å². The lowest BCUT2D eigenvalue weighted by atomic mass is 10.2. The Balaban J connectivity index is 1.34. The zero-order valence-electron chi connectivity index (χ0n) is 17.4. The predicted molar refractivity (Wildman–Crippen MR) is 127 cm³/mol. The smallest absolute Gasteiger partial charge is 0.240 e. The quantitative estimate of drug-likeness (QED) is 0.232. The monoisotopic (exact) mass is 480 g/mol. The topological polar surface area (TPSA) is 59.9 Å². The van der Waals surface area contributed by atoms with Crippen LogP contribution in [0.3, 0.4) is 0 Å². The van der Waals surface area contributed by atoms with Crippen LogP contribution in [0.1, 0.15) is 29.5 Å². The number of halogens is 1. The van der Waals surface area contributed by atoms with E-state index in [1.807, 2.05) is 79.7 Å². The molecule has 31 heavy (non-hydrogen) atoms. The fourth-order valence-corrected chi connectivity index (χ4v) is 3.37. The van der Waals surface area contributed by atoms with E-state index in [2.05, 4.69) is 26.5 Å². The molecule has 0 unspecified atom stereocenters. The third kappa shape index (κ3) is 7.90. The van der Waals surface area contributed by atoms with Crippen molar-refractivity contribution in [3.8, 4) is 11.5 Å². The molecule has 6 heteroatoms. The number of nitrogens with one attached hydrogen (secondary N) is 1. The van der Waals surface area contributed by atoms with Crippen LogP contribution in [-0.4, -0.2) is 18.7 Å². The van der Waals surface area contributed by atoms with Crippen LogP contribution in [0, 0.1) is 6.92 Å². The molecule has 0 aliphatic heterocycles. The Kier molecular flexibility index (Phi) is 8.67. The van der Waals surface area contributed by atoms with Gasteiger partial charge in [-0.2, -0.15) is 5.10 Å². The van der Waals surface area contributed by atoms with E-state index in [0.717, 1.165) is 32.7 Å². The largest absolute Gasteiger partial charge is 0.492 e. The maximum Gasteiger partial charge on any atom is 0.240 e. The Hall–Kier alpha value is -3.12. The second kappa shape index (κ2) is 11.9. The van der Waals surface area contributed by atoms with Crippen LogP contribution in [0.2, 0.25) is 0 Å². The minimum atomic E-state index is -0.148. The number of aryl methyl sites for hydroxylation is 1. The fraction of sp³-hybridized carbons (Fsp3) is 0.200. The predicted octanol–water partition coefficient (Wildman–Crippen LogP) is 5.65. The Morgan fingerprint density at radius 2 is 1.81 bits per heavy atom. The lowest BCUT2D eigenvalue weighted by Gasteiger charge is -2.08. The van der Waals surface area contributed by atoms with E-state index in [1.54, 1.807) is 6.21 Å². The highest BCUT2D eigenvalue weighted by Gasteiger charge is 2.03. The van der Waals surface area contributed by atoms with Crippen molar-refractivity contribution in [3.63, 3.8) is 0 Å². The summed E-state index contributed by atoms with van der Waals surface area (Å²) in [6.07, 6.45) is 2.56. The van der Waals surface area contributed by atoms with Crippen molar-refractivity contribution in [1.82, 2.24) is 5.43 Å². The zero-order valence-corrected chi connectivity index (χ0v) is 19.0. The molecule has 0 heterocycles. The summed E-state index contributed by atoms with van der Waals surface area (Å²) in [5, 5.41) is 4.01. The van der Waals surface area contributed by atoms with Gasteiger partial charge >= 0.3 is 0 Å². The van der Waals surface area contributed by atoms with E-state index in [-0.39, 0.29) is 5.91 Å². The number of nitrogens with zero attached hydrogens (tertiary/aromatic N) is 1. The molecule has 5 nitrogen and oxygen atoms in total. The van der Waals surface area contributed by atoms with E-state index in [0.29, 0.717) is 26.1 Å². The molecule has 0 radical (unpaired) electrons. The molecule has 0 saturated heterocycles. The van der Waals surface area contributed by atoms with Crippen molar-refractivity contribution in [3.05, 3.63) is 94.0 Å². The SMILES string of the molecule is Cc1ccc(OCCCC(=O)N/N=C/c2ccc(OCc3ccccc3)cc2)c(Br)c1. The number of carbonyl (C=O) groups excluding carboxylic acids is 1. The van der Waals surface area contributed by atoms with E-state index in [1.165, 1.54) is 0 Å². The van der Waals surface area contributed by atoms with Crippen molar-refractivity contribution in [2.75, 3.05) is 6.61 Å². The first kappa shape index (κ1) is 22.6. The molecule has 3 aromatic carbocycles. The minimum Gasteiger partial charge on any atom is -0.492 e. The number of ether oxygens (including phenoxy) is 2. The van der Waals surface area contributed by atoms with Crippen LogP contribution >= 0.6 is 15.9 Å². The average Bonchev–Trinajstić information content (AvgIpc) is 2.78. The van der Waals surface area contributed by atoms with Gasteiger partial charge in [0.05, 0.1) is 17.3 Å². The molecular formula is C25H25BrN2O3. The van der Waals surface area contributed by atoms with E-state index in [4.69, 9.17) is 9.47 Å². The number of carbonyl (C=O) groups is 1. The number of rotatable bonds is 10. The van der Waals surface area contributed by atoms with Crippen molar-refractivity contribution >= 4 is 28.1 Å². The van der Waals surface area contributed by atoms with Gasteiger partial charge in [0, 0.05) is 6.42 Å². The normalized spacial score (nSPS) is 10.8. The Morgan fingerprint density at radius 1 is 1.03 bits per heavy atom. The number of hydrogen-bond acceptors (Lipinski definition) is 4. The summed E-state index contributed by atoms with van der Waals surface area (Å²) in [7, 11) is 0. The molecule has 0 aromatic heterocycles. The summed E-state index contributed by atoms with van der Waals surface area (Å²) in [6.45, 7) is 3.01. The fourth-order valence-electron chi connectivity index (χ4n) is 2.76. The van der Waals surface area contributed by atoms with E-state index in [9.17, 15) is 4.79 Å². The first-order valence-corrected chi connectivity index (χ1v) is 10.9. The van der Waals surface area contributed by atoms with Crippen LogP contribution in [0.5, 0.6) is 11.5 Å². The Labute approximate surface area is 191 Å². The van der Waals surface area contributed by atoms with Crippen molar-refractivity contribution in [1.29, 1.82) is 0 Å². The highest BCUT2D eigenvalue weighted by atomic mass is 79.9. The zero-order chi connectivity index (χ0) is 21.9. The third-order valence-electron chi connectivity index (χ3n) is 4.42. The molecule has 3 rings (SSSR count). The molecular weight excluding hydrogens is 456 g/mol. The molecule has 0 aliphatic carbocycles. The maximum absolute atomic E-state index is 11.9. The van der Waals surface area contributed by atoms with Crippen LogP contribution in [0.4, 0.5) is 0 Å². The maximum atomic E-state index is 11.9. The number of benzene rings is 3. The van der Waals surface area contributed by atoms with Crippen molar-refractivity contribution in [2.24, 2.45) is 5.10 Å². The summed E-state index contributed by atoms with van der Waals surface area (Å²) >= 11 is 3.48. The van der Waals surface area contributed by atoms with E-state index >= 15 is 0 Å². The average molecular weight is 481 g/mol. The highest BCUT2D eigenvalue weighted by Crippen LogP contribution is 2.25. The van der Waals surface area contributed by atoms with Gasteiger partial charge in [-0.3, -0.25) is 4.79 Å². The van der Waals surface area contributed by atoms with Crippen molar-refractivity contribution < 1.29 is 14.3 Å². The van der Waals surface area contributed by atoms with Crippen LogP contribution in [-0.2, 0) is 11.4 Å². The lowest BCUT2D eigenvalue weighted by molar-refractivity contribution is -0.121. The first-order valence-electron chi connectivity index (χ1n) is 10.1. The molecule has 0 saturated carbocycles. The molecule has 1 N–H and O–H groups in total. The summed E-state index contributed by atoms with van der Waals surface area (Å²) in [5.41, 5.74) is 5.70. The second-order valence-electron chi connectivity index (χ2n) is 7.02. The molecule has 0 fully saturated rings. The van der Waals surface area contributed by atoms with Gasteiger partial charge in [0.2, 0.25) is 5.91 Å². The standard InChI is InChI=1S/C25H25BrN2O3/c1-19-9-14-24(23(26)16-19)30-15-5-8-25(29)28-27-17-20-10-12-22(13-11-20)31-18-21-6-3-2-4-7-21/h2-4,6-7,9-14,16-17H,5,8,15,18H2,1H3,(H,28,29)/b27-17+. The minimum absolute atomic E-state index is 0.148. The molecule has 160 valence electrons. The van der Waals surface area contributed by atoms with Crippen molar-refractivity contribution in [2.45, 2.75) is 26.4 Å². The van der Waals surface area contributed by atoms with Gasteiger partial charge in [-0.05, 0) is 82.4 Å². The summed E-state index contributed by atoms with van der Waals surface area (Å²) < 4.78 is 12.4. The van der Waals surface area contributed by atoms with Gasteiger partial charge in [0.25, 0.3) is 0 Å². The van der Waals surface area contributed by atoms with Crippen LogP contribution in [0.15, 0.2) is 82.4 Å². The molecule has 3 aromatic rings. The highest BCUT2D eigenvalue weighted by molar-refractivity contribution is 9.10. The van der Waals surface area contributed by atoms with Crippen LogP contribution in [0.25, 0.3) is 0 Å². The van der Waals surface area contributed by atoms with Crippen LogP contribution < -0.4 is 14.9 Å². The number of hydrazone groups is 1.